The van der Waals surface area contributed by atoms with Crippen LogP contribution in [0.1, 0.15) is 31.2 Å². The molecule has 102 valence electrons. The van der Waals surface area contributed by atoms with Crippen LogP contribution in [0.3, 0.4) is 0 Å². The Balaban J connectivity index is 1.81. The lowest BCUT2D eigenvalue weighted by atomic mass is 9.97. The molecule has 1 amide bonds. The highest BCUT2D eigenvalue weighted by molar-refractivity contribution is 5.86. The second-order valence-corrected chi connectivity index (χ2v) is 5.55. The van der Waals surface area contributed by atoms with Crippen LogP contribution in [0.4, 0.5) is 0 Å². The molecule has 0 unspecified atom stereocenters. The first-order valence-corrected chi connectivity index (χ1v) is 6.98. The number of carbonyl (C=O) groups excluding carboxylic acids is 1. The molecular formula is C15H20N2O2. The van der Waals surface area contributed by atoms with E-state index in [2.05, 4.69) is 0 Å². The Morgan fingerprint density at radius 1 is 1.26 bits per heavy atom. The van der Waals surface area contributed by atoms with Gasteiger partial charge in [-0.25, -0.2) is 0 Å². The maximum Gasteiger partial charge on any atom is 0.243 e. The van der Waals surface area contributed by atoms with Gasteiger partial charge in [-0.2, -0.15) is 0 Å². The Bertz CT molecular complexity index is 481. The average molecular weight is 260 g/mol. The lowest BCUT2D eigenvalue weighted by Gasteiger charge is -2.30. The van der Waals surface area contributed by atoms with Crippen LogP contribution in [0.15, 0.2) is 24.3 Å². The maximum absolute atomic E-state index is 12.6. The highest BCUT2D eigenvalue weighted by Crippen LogP contribution is 2.31. The van der Waals surface area contributed by atoms with Crippen LogP contribution < -0.4 is 10.5 Å². The molecule has 1 aromatic carbocycles. The first-order chi connectivity index (χ1) is 9.19. The minimum atomic E-state index is -0.640. The minimum absolute atomic E-state index is 0.0882. The fourth-order valence-corrected chi connectivity index (χ4v) is 3.03. The molecule has 3 rings (SSSR count). The summed E-state index contributed by atoms with van der Waals surface area (Å²) in [6, 6.07) is 7.90. The molecule has 1 aromatic rings. The smallest absolute Gasteiger partial charge is 0.243 e. The van der Waals surface area contributed by atoms with Crippen LogP contribution in [0.2, 0.25) is 0 Å². The summed E-state index contributed by atoms with van der Waals surface area (Å²) >= 11 is 0. The zero-order valence-electron chi connectivity index (χ0n) is 11.1. The van der Waals surface area contributed by atoms with E-state index in [1.165, 1.54) is 0 Å². The van der Waals surface area contributed by atoms with Crippen molar-refractivity contribution in [3.8, 4) is 5.75 Å². The summed E-state index contributed by atoms with van der Waals surface area (Å²) in [5.74, 6) is 0.973. The van der Waals surface area contributed by atoms with Gasteiger partial charge in [0.1, 0.15) is 12.4 Å². The van der Waals surface area contributed by atoms with Gasteiger partial charge in [0.25, 0.3) is 0 Å². The number of ether oxygens (including phenoxy) is 1. The SMILES string of the molecule is NC1(C(=O)N2CCOc3ccccc3C2)CCCC1. The molecule has 0 aromatic heterocycles. The van der Waals surface area contributed by atoms with Crippen LogP contribution in [0.5, 0.6) is 5.75 Å². The van der Waals surface area contributed by atoms with Gasteiger partial charge in [-0.05, 0) is 18.9 Å². The van der Waals surface area contributed by atoms with Gasteiger partial charge in [-0.1, -0.05) is 31.0 Å². The summed E-state index contributed by atoms with van der Waals surface area (Å²) in [6.45, 7) is 1.76. The Hall–Kier alpha value is -1.55. The molecule has 1 fully saturated rings. The summed E-state index contributed by atoms with van der Waals surface area (Å²) in [4.78, 5) is 14.5. The third-order valence-corrected chi connectivity index (χ3v) is 4.16. The van der Waals surface area contributed by atoms with Crippen LogP contribution in [0, 0.1) is 0 Å². The third-order valence-electron chi connectivity index (χ3n) is 4.16. The number of para-hydroxylation sites is 1. The summed E-state index contributed by atoms with van der Waals surface area (Å²) in [6.07, 6.45) is 3.74. The molecule has 1 aliphatic heterocycles. The van der Waals surface area contributed by atoms with E-state index in [0.717, 1.165) is 37.0 Å². The number of fused-ring (bicyclic) bond motifs is 1. The van der Waals surface area contributed by atoms with Gasteiger partial charge in [0.15, 0.2) is 0 Å². The van der Waals surface area contributed by atoms with Crippen molar-refractivity contribution in [2.75, 3.05) is 13.2 Å². The van der Waals surface area contributed by atoms with Gasteiger partial charge in [-0.3, -0.25) is 4.79 Å². The van der Waals surface area contributed by atoms with E-state index in [0.29, 0.717) is 19.7 Å². The predicted molar refractivity (Wildman–Crippen MR) is 72.7 cm³/mol. The van der Waals surface area contributed by atoms with Crippen molar-refractivity contribution in [3.63, 3.8) is 0 Å². The fraction of sp³-hybridized carbons (Fsp3) is 0.533. The van der Waals surface area contributed by atoms with Crippen LogP contribution in [0.25, 0.3) is 0 Å². The molecule has 1 aliphatic carbocycles. The van der Waals surface area contributed by atoms with Crippen molar-refractivity contribution in [3.05, 3.63) is 29.8 Å². The normalized spacial score (nSPS) is 21.4. The van der Waals surface area contributed by atoms with Crippen molar-refractivity contribution in [1.82, 2.24) is 4.90 Å². The van der Waals surface area contributed by atoms with Crippen LogP contribution in [-0.4, -0.2) is 29.5 Å². The molecule has 19 heavy (non-hydrogen) atoms. The lowest BCUT2D eigenvalue weighted by Crippen LogP contribution is -2.53. The highest BCUT2D eigenvalue weighted by atomic mass is 16.5. The summed E-state index contributed by atoms with van der Waals surface area (Å²) in [7, 11) is 0. The van der Waals surface area contributed by atoms with Crippen LogP contribution in [-0.2, 0) is 11.3 Å². The second-order valence-electron chi connectivity index (χ2n) is 5.55. The maximum atomic E-state index is 12.6. The molecule has 2 N–H and O–H groups in total. The Morgan fingerprint density at radius 3 is 2.79 bits per heavy atom. The number of nitrogens with two attached hydrogens (primary N) is 1. The van der Waals surface area contributed by atoms with Gasteiger partial charge >= 0.3 is 0 Å². The zero-order valence-corrected chi connectivity index (χ0v) is 11.1. The van der Waals surface area contributed by atoms with Gasteiger partial charge in [0.2, 0.25) is 5.91 Å². The molecule has 4 nitrogen and oxygen atoms in total. The number of nitrogens with zero attached hydrogens (tertiary/aromatic N) is 1. The molecule has 1 heterocycles. The Kier molecular flexibility index (Phi) is 3.19. The second kappa shape index (κ2) is 4.85. The molecule has 1 saturated carbocycles. The molecule has 0 bridgehead atoms. The predicted octanol–water partition coefficient (Wildman–Crippen LogP) is 1.68. The minimum Gasteiger partial charge on any atom is -0.491 e. The molecule has 0 radical (unpaired) electrons. The molecular weight excluding hydrogens is 240 g/mol. The largest absolute Gasteiger partial charge is 0.491 e. The Morgan fingerprint density at radius 2 is 2.00 bits per heavy atom. The van der Waals surface area contributed by atoms with Crippen molar-refractivity contribution >= 4 is 5.91 Å². The van der Waals surface area contributed by atoms with E-state index in [4.69, 9.17) is 10.5 Å². The van der Waals surface area contributed by atoms with Gasteiger partial charge in [0.05, 0.1) is 12.1 Å². The van der Waals surface area contributed by atoms with E-state index in [-0.39, 0.29) is 5.91 Å². The fourth-order valence-electron chi connectivity index (χ4n) is 3.03. The summed E-state index contributed by atoms with van der Waals surface area (Å²) in [5, 5.41) is 0. The van der Waals surface area contributed by atoms with E-state index < -0.39 is 5.54 Å². The monoisotopic (exact) mass is 260 g/mol. The number of carbonyl (C=O) groups is 1. The van der Waals surface area contributed by atoms with E-state index in [1.807, 2.05) is 29.2 Å². The van der Waals surface area contributed by atoms with Crippen molar-refractivity contribution in [2.45, 2.75) is 37.8 Å². The van der Waals surface area contributed by atoms with Crippen molar-refractivity contribution in [1.29, 1.82) is 0 Å². The Labute approximate surface area is 113 Å². The molecule has 4 heteroatoms. The summed E-state index contributed by atoms with van der Waals surface area (Å²) in [5.41, 5.74) is 6.70. The van der Waals surface area contributed by atoms with Gasteiger partial charge in [0, 0.05) is 12.1 Å². The third kappa shape index (κ3) is 2.32. The number of amides is 1. The van der Waals surface area contributed by atoms with Gasteiger partial charge < -0.3 is 15.4 Å². The van der Waals surface area contributed by atoms with Crippen molar-refractivity contribution < 1.29 is 9.53 Å². The van der Waals surface area contributed by atoms with Crippen molar-refractivity contribution in [2.24, 2.45) is 5.73 Å². The average Bonchev–Trinajstić information content (AvgIpc) is 2.76. The number of benzene rings is 1. The number of hydrogen-bond donors (Lipinski definition) is 1. The van der Waals surface area contributed by atoms with E-state index >= 15 is 0 Å². The standard InChI is InChI=1S/C15H20N2O2/c16-15(7-3-4-8-15)14(18)17-9-10-19-13-6-2-1-5-12(13)11-17/h1-2,5-6H,3-4,7-11,16H2. The first kappa shape index (κ1) is 12.5. The molecule has 0 atom stereocenters. The number of rotatable bonds is 1. The zero-order chi connectivity index (χ0) is 13.3. The molecule has 0 saturated heterocycles. The molecule has 2 aliphatic rings. The lowest BCUT2D eigenvalue weighted by molar-refractivity contribution is -0.137. The topological polar surface area (TPSA) is 55.6 Å². The quantitative estimate of drug-likeness (QED) is 0.836. The highest BCUT2D eigenvalue weighted by Gasteiger charge is 2.40. The van der Waals surface area contributed by atoms with Gasteiger partial charge in [-0.15, -0.1) is 0 Å². The van der Waals surface area contributed by atoms with Crippen LogP contribution >= 0.6 is 0 Å². The number of hydrogen-bond acceptors (Lipinski definition) is 3. The van der Waals surface area contributed by atoms with E-state index in [1.54, 1.807) is 0 Å². The molecule has 0 spiro atoms. The summed E-state index contributed by atoms with van der Waals surface area (Å²) < 4.78 is 5.69. The van der Waals surface area contributed by atoms with E-state index in [9.17, 15) is 4.79 Å². The first-order valence-electron chi connectivity index (χ1n) is 6.98.